The quantitative estimate of drug-likeness (QED) is 0.555. The zero-order chi connectivity index (χ0) is 23.1. The van der Waals surface area contributed by atoms with Crippen LogP contribution < -0.4 is 10.6 Å². The lowest BCUT2D eigenvalue weighted by molar-refractivity contribution is -0.143. The van der Waals surface area contributed by atoms with E-state index in [1.54, 1.807) is 0 Å². The smallest absolute Gasteiger partial charge is 0.433 e. The Morgan fingerprint density at radius 2 is 2.00 bits per heavy atom. The Hall–Kier alpha value is -2.69. The van der Waals surface area contributed by atoms with Gasteiger partial charge in [0.15, 0.2) is 0 Å². The van der Waals surface area contributed by atoms with Gasteiger partial charge >= 0.3 is 12.1 Å². The molecule has 2 aromatic heterocycles. The van der Waals surface area contributed by atoms with Crippen LogP contribution in [0.3, 0.4) is 0 Å². The van der Waals surface area contributed by atoms with Crippen LogP contribution in [0, 0.1) is 5.92 Å². The zero-order valence-corrected chi connectivity index (χ0v) is 18.4. The summed E-state index contributed by atoms with van der Waals surface area (Å²) in [5.74, 6) is -0.534. The first-order valence-electron chi connectivity index (χ1n) is 10.4. The molecule has 2 aromatic rings. The van der Waals surface area contributed by atoms with Gasteiger partial charge < -0.3 is 15.4 Å². The first-order valence-corrected chi connectivity index (χ1v) is 11.2. The van der Waals surface area contributed by atoms with Crippen molar-refractivity contribution in [3.8, 4) is 0 Å². The third-order valence-corrected chi connectivity index (χ3v) is 6.35. The van der Waals surface area contributed by atoms with Gasteiger partial charge in [0.1, 0.15) is 21.6 Å². The summed E-state index contributed by atoms with van der Waals surface area (Å²) >= 11 is 1.10. The standard InChI is InChI=1S/C21H25F3N4O3S/c1-31-20(30)15(9-13-5-3-2-4-6-13)28-19(29)16-11-27-18(32-16)12-26-14-7-8-25-17(10-14)21(22,23)24/h7-8,10-11,13,15H,2-6,9,12H2,1H3,(H,25,26)(H,28,29)/t15-/m0/s1. The number of thiazole rings is 1. The average Bonchev–Trinajstić information content (AvgIpc) is 3.26. The molecule has 0 radical (unpaired) electrons. The van der Waals surface area contributed by atoms with Crippen LogP contribution in [0.25, 0.3) is 0 Å². The number of alkyl halides is 3. The number of anilines is 1. The summed E-state index contributed by atoms with van der Waals surface area (Å²) in [6.45, 7) is 0.141. The predicted octanol–water partition coefficient (Wildman–Crippen LogP) is 4.41. The van der Waals surface area contributed by atoms with E-state index < -0.39 is 29.8 Å². The van der Waals surface area contributed by atoms with Gasteiger partial charge in [-0.2, -0.15) is 13.2 Å². The summed E-state index contributed by atoms with van der Waals surface area (Å²) in [4.78, 5) is 32.6. The number of esters is 1. The second-order valence-electron chi connectivity index (χ2n) is 7.69. The summed E-state index contributed by atoms with van der Waals surface area (Å²) in [5.41, 5.74) is -0.750. The second kappa shape index (κ2) is 10.8. The number of hydrogen-bond acceptors (Lipinski definition) is 7. The monoisotopic (exact) mass is 470 g/mol. The fraction of sp³-hybridized carbons (Fsp3) is 0.524. The third-order valence-electron chi connectivity index (χ3n) is 5.36. The molecule has 0 bridgehead atoms. The highest BCUT2D eigenvalue weighted by Gasteiger charge is 2.32. The first-order chi connectivity index (χ1) is 15.3. The van der Waals surface area contributed by atoms with Crippen molar-refractivity contribution in [1.82, 2.24) is 15.3 Å². The van der Waals surface area contributed by atoms with E-state index in [4.69, 9.17) is 4.74 Å². The number of carbonyl (C=O) groups is 2. The Labute approximate surface area is 187 Å². The van der Waals surface area contributed by atoms with E-state index in [0.717, 1.165) is 49.3 Å². The molecule has 1 saturated carbocycles. The summed E-state index contributed by atoms with van der Waals surface area (Å²) in [7, 11) is 1.29. The van der Waals surface area contributed by atoms with Crippen LogP contribution in [-0.2, 0) is 22.3 Å². The molecule has 1 amide bonds. The number of nitrogens with one attached hydrogen (secondary N) is 2. The summed E-state index contributed by atoms with van der Waals surface area (Å²) in [5, 5.41) is 6.11. The number of halogens is 3. The highest BCUT2D eigenvalue weighted by atomic mass is 32.1. The van der Waals surface area contributed by atoms with Crippen molar-refractivity contribution < 1.29 is 27.5 Å². The van der Waals surface area contributed by atoms with Crippen molar-refractivity contribution in [2.24, 2.45) is 5.92 Å². The fourth-order valence-corrected chi connectivity index (χ4v) is 4.47. The number of aromatic nitrogens is 2. The Bertz CT molecular complexity index is 929. The number of pyridine rings is 1. The van der Waals surface area contributed by atoms with Gasteiger partial charge in [-0.1, -0.05) is 32.1 Å². The third kappa shape index (κ3) is 6.65. The lowest BCUT2D eigenvalue weighted by Crippen LogP contribution is -2.42. The Balaban J connectivity index is 1.58. The van der Waals surface area contributed by atoms with E-state index in [9.17, 15) is 22.8 Å². The van der Waals surface area contributed by atoms with Crippen molar-refractivity contribution in [1.29, 1.82) is 0 Å². The molecule has 0 saturated heterocycles. The van der Waals surface area contributed by atoms with Crippen molar-refractivity contribution in [3.63, 3.8) is 0 Å². The maximum atomic E-state index is 12.8. The van der Waals surface area contributed by atoms with Crippen LogP contribution in [-0.4, -0.2) is 35.0 Å². The predicted molar refractivity (Wildman–Crippen MR) is 113 cm³/mol. The van der Waals surface area contributed by atoms with Crippen molar-refractivity contribution >= 4 is 28.9 Å². The minimum Gasteiger partial charge on any atom is -0.467 e. The topological polar surface area (TPSA) is 93.2 Å². The molecule has 1 aliphatic rings. The molecule has 3 rings (SSSR count). The maximum Gasteiger partial charge on any atom is 0.433 e. The molecule has 0 aliphatic heterocycles. The molecular weight excluding hydrogens is 445 g/mol. The summed E-state index contributed by atoms with van der Waals surface area (Å²) in [6, 6.07) is 1.60. The molecule has 7 nitrogen and oxygen atoms in total. The number of methoxy groups -OCH3 is 1. The molecule has 1 atom stereocenters. The number of nitrogens with zero attached hydrogens (tertiary/aromatic N) is 2. The van der Waals surface area contributed by atoms with Gasteiger partial charge in [0.2, 0.25) is 0 Å². The Kier molecular flexibility index (Phi) is 8.05. The minimum absolute atomic E-state index is 0.141. The largest absolute Gasteiger partial charge is 0.467 e. The minimum atomic E-state index is -4.53. The summed E-state index contributed by atoms with van der Waals surface area (Å²) in [6.07, 6.45) is 3.98. The molecule has 11 heteroatoms. The molecule has 1 aliphatic carbocycles. The number of carbonyl (C=O) groups excluding carboxylic acids is 2. The van der Waals surface area contributed by atoms with Gasteiger partial charge in [0.25, 0.3) is 5.91 Å². The van der Waals surface area contributed by atoms with Gasteiger partial charge in [-0.3, -0.25) is 9.78 Å². The first kappa shape index (κ1) is 24.0. The molecule has 0 unspecified atom stereocenters. The molecule has 0 aromatic carbocycles. The van der Waals surface area contributed by atoms with Crippen molar-refractivity contribution in [2.75, 3.05) is 12.4 Å². The maximum absolute atomic E-state index is 12.8. The SMILES string of the molecule is COC(=O)[C@H](CC1CCCCC1)NC(=O)c1cnc(CNc2ccnc(C(F)(F)F)c2)s1. The Morgan fingerprint density at radius 3 is 2.69 bits per heavy atom. The van der Waals surface area contributed by atoms with E-state index in [0.29, 0.717) is 22.2 Å². The van der Waals surface area contributed by atoms with Crippen LogP contribution in [0.2, 0.25) is 0 Å². The zero-order valence-electron chi connectivity index (χ0n) is 17.6. The number of rotatable bonds is 8. The normalized spacial score (nSPS) is 15.8. The van der Waals surface area contributed by atoms with Crippen LogP contribution in [0.1, 0.15) is 58.9 Å². The summed E-state index contributed by atoms with van der Waals surface area (Å²) < 4.78 is 43.2. The lowest BCUT2D eigenvalue weighted by Gasteiger charge is -2.25. The van der Waals surface area contributed by atoms with Gasteiger partial charge in [-0.15, -0.1) is 11.3 Å². The van der Waals surface area contributed by atoms with E-state index in [-0.39, 0.29) is 12.2 Å². The molecule has 2 N–H and O–H groups in total. The molecule has 2 heterocycles. The average molecular weight is 471 g/mol. The van der Waals surface area contributed by atoms with E-state index >= 15 is 0 Å². The molecule has 1 fully saturated rings. The van der Waals surface area contributed by atoms with Crippen LogP contribution in [0.5, 0.6) is 0 Å². The van der Waals surface area contributed by atoms with E-state index in [1.807, 2.05) is 0 Å². The molecular formula is C21H25F3N4O3S. The highest BCUT2D eigenvalue weighted by Crippen LogP contribution is 2.29. The lowest BCUT2D eigenvalue weighted by atomic mass is 9.85. The number of amides is 1. The van der Waals surface area contributed by atoms with Crippen LogP contribution in [0.4, 0.5) is 18.9 Å². The van der Waals surface area contributed by atoms with E-state index in [1.165, 1.54) is 25.8 Å². The van der Waals surface area contributed by atoms with E-state index in [2.05, 4.69) is 20.6 Å². The molecule has 0 spiro atoms. The molecule has 32 heavy (non-hydrogen) atoms. The number of hydrogen-bond donors (Lipinski definition) is 2. The van der Waals surface area contributed by atoms with Gasteiger partial charge in [0.05, 0.1) is 19.9 Å². The second-order valence-corrected chi connectivity index (χ2v) is 8.80. The van der Waals surface area contributed by atoms with Crippen LogP contribution in [0.15, 0.2) is 24.5 Å². The van der Waals surface area contributed by atoms with Crippen molar-refractivity contribution in [3.05, 3.63) is 40.1 Å². The van der Waals surface area contributed by atoms with Crippen molar-refractivity contribution in [2.45, 2.75) is 57.3 Å². The van der Waals surface area contributed by atoms with Gasteiger partial charge in [-0.05, 0) is 24.5 Å². The molecule has 174 valence electrons. The fourth-order valence-electron chi connectivity index (χ4n) is 3.71. The highest BCUT2D eigenvalue weighted by molar-refractivity contribution is 7.13. The van der Waals surface area contributed by atoms with Crippen LogP contribution >= 0.6 is 11.3 Å². The van der Waals surface area contributed by atoms with Gasteiger partial charge in [0, 0.05) is 11.9 Å². The van der Waals surface area contributed by atoms with Gasteiger partial charge in [-0.25, -0.2) is 9.78 Å². The number of ether oxygens (including phenoxy) is 1. The Morgan fingerprint density at radius 1 is 1.25 bits per heavy atom.